The quantitative estimate of drug-likeness (QED) is 0.830. The first-order valence-electron chi connectivity index (χ1n) is 8.03. The third-order valence-corrected chi connectivity index (χ3v) is 3.86. The van der Waals surface area contributed by atoms with Gasteiger partial charge in [-0.25, -0.2) is 4.79 Å². The third-order valence-electron chi connectivity index (χ3n) is 3.86. The van der Waals surface area contributed by atoms with E-state index in [0.29, 0.717) is 0 Å². The normalized spacial score (nSPS) is 11.8. The van der Waals surface area contributed by atoms with Crippen LogP contribution in [0, 0.1) is 5.92 Å². The number of hydrogen-bond donors (Lipinski definition) is 1. The predicted molar refractivity (Wildman–Crippen MR) is 94.4 cm³/mol. The first-order valence-corrected chi connectivity index (χ1v) is 8.03. The Labute approximate surface area is 142 Å². The number of ether oxygens (including phenoxy) is 1. The van der Waals surface area contributed by atoms with Gasteiger partial charge in [-0.2, -0.15) is 0 Å². The SMILES string of the molecule is COC(=O)[C@@H](NC(=O)Cc1ccc(-c2ccccc2)cc1)C(C)C. The van der Waals surface area contributed by atoms with Crippen LogP contribution >= 0.6 is 0 Å². The van der Waals surface area contributed by atoms with Gasteiger partial charge in [-0.3, -0.25) is 4.79 Å². The highest BCUT2D eigenvalue weighted by molar-refractivity contribution is 5.85. The molecule has 1 N–H and O–H groups in total. The number of methoxy groups -OCH3 is 1. The van der Waals surface area contributed by atoms with Crippen molar-refractivity contribution in [2.24, 2.45) is 5.92 Å². The molecule has 0 radical (unpaired) electrons. The van der Waals surface area contributed by atoms with E-state index in [1.807, 2.05) is 68.4 Å². The summed E-state index contributed by atoms with van der Waals surface area (Å²) < 4.78 is 4.74. The molecule has 0 bridgehead atoms. The average Bonchev–Trinajstić information content (AvgIpc) is 2.60. The van der Waals surface area contributed by atoms with E-state index in [4.69, 9.17) is 4.74 Å². The van der Waals surface area contributed by atoms with Gasteiger partial charge in [0.2, 0.25) is 5.91 Å². The lowest BCUT2D eigenvalue weighted by Gasteiger charge is -2.19. The Morgan fingerprint density at radius 1 is 0.958 bits per heavy atom. The topological polar surface area (TPSA) is 55.4 Å². The largest absolute Gasteiger partial charge is 0.467 e. The van der Waals surface area contributed by atoms with Crippen LogP contribution in [0.5, 0.6) is 0 Å². The molecule has 0 spiro atoms. The van der Waals surface area contributed by atoms with Crippen LogP contribution in [0.4, 0.5) is 0 Å². The molecule has 0 fully saturated rings. The molecule has 0 saturated heterocycles. The van der Waals surface area contributed by atoms with Gasteiger partial charge >= 0.3 is 5.97 Å². The minimum absolute atomic E-state index is 0.0261. The van der Waals surface area contributed by atoms with E-state index in [1.54, 1.807) is 0 Å². The van der Waals surface area contributed by atoms with E-state index in [9.17, 15) is 9.59 Å². The molecule has 2 rings (SSSR count). The summed E-state index contributed by atoms with van der Waals surface area (Å²) in [5, 5.41) is 2.75. The van der Waals surface area contributed by atoms with Crippen LogP contribution in [-0.4, -0.2) is 25.0 Å². The van der Waals surface area contributed by atoms with Gasteiger partial charge in [0.25, 0.3) is 0 Å². The molecule has 4 nitrogen and oxygen atoms in total. The maximum Gasteiger partial charge on any atom is 0.328 e. The molecular weight excluding hydrogens is 302 g/mol. The van der Waals surface area contributed by atoms with Crippen LogP contribution in [0.1, 0.15) is 19.4 Å². The molecule has 2 aromatic carbocycles. The first-order chi connectivity index (χ1) is 11.5. The van der Waals surface area contributed by atoms with Gasteiger partial charge in [0.1, 0.15) is 6.04 Å². The third kappa shape index (κ3) is 4.69. The standard InChI is InChI=1S/C20H23NO3/c1-14(2)19(20(23)24-3)21-18(22)13-15-9-11-17(12-10-15)16-7-5-4-6-8-16/h4-12,14,19H,13H2,1-3H3,(H,21,22)/t19-/m0/s1. The highest BCUT2D eigenvalue weighted by atomic mass is 16.5. The van der Waals surface area contributed by atoms with Crippen molar-refractivity contribution < 1.29 is 14.3 Å². The number of esters is 1. The molecule has 0 unspecified atom stereocenters. The highest BCUT2D eigenvalue weighted by Gasteiger charge is 2.24. The van der Waals surface area contributed by atoms with E-state index < -0.39 is 12.0 Å². The zero-order valence-corrected chi connectivity index (χ0v) is 14.3. The van der Waals surface area contributed by atoms with E-state index >= 15 is 0 Å². The molecule has 24 heavy (non-hydrogen) atoms. The minimum atomic E-state index is -0.619. The molecule has 4 heteroatoms. The molecule has 0 aliphatic carbocycles. The Morgan fingerprint density at radius 3 is 2.08 bits per heavy atom. The van der Waals surface area contributed by atoms with Gasteiger partial charge in [-0.05, 0) is 22.6 Å². The number of carbonyl (C=O) groups excluding carboxylic acids is 2. The smallest absolute Gasteiger partial charge is 0.328 e. The summed E-state index contributed by atoms with van der Waals surface area (Å²) in [6.45, 7) is 3.74. The van der Waals surface area contributed by atoms with Gasteiger partial charge in [-0.1, -0.05) is 68.4 Å². The molecule has 2 aromatic rings. The van der Waals surface area contributed by atoms with Crippen molar-refractivity contribution in [1.29, 1.82) is 0 Å². The summed E-state index contributed by atoms with van der Waals surface area (Å²) in [5.41, 5.74) is 3.15. The minimum Gasteiger partial charge on any atom is -0.467 e. The number of benzene rings is 2. The van der Waals surface area contributed by atoms with Gasteiger partial charge in [0.05, 0.1) is 13.5 Å². The van der Waals surface area contributed by atoms with Gasteiger partial charge in [0.15, 0.2) is 0 Å². The molecule has 0 aliphatic rings. The van der Waals surface area contributed by atoms with E-state index in [0.717, 1.165) is 16.7 Å². The fourth-order valence-electron chi connectivity index (χ4n) is 2.48. The van der Waals surface area contributed by atoms with Crippen LogP contribution in [-0.2, 0) is 20.7 Å². The lowest BCUT2D eigenvalue weighted by Crippen LogP contribution is -2.45. The van der Waals surface area contributed by atoms with E-state index in [1.165, 1.54) is 7.11 Å². The molecular formula is C20H23NO3. The van der Waals surface area contributed by atoms with Crippen molar-refractivity contribution in [3.05, 3.63) is 60.2 Å². The predicted octanol–water partition coefficient (Wildman–Crippen LogP) is 3.21. The lowest BCUT2D eigenvalue weighted by atomic mass is 10.0. The molecule has 0 aliphatic heterocycles. The van der Waals surface area contributed by atoms with Crippen LogP contribution in [0.3, 0.4) is 0 Å². The van der Waals surface area contributed by atoms with Crippen LogP contribution < -0.4 is 5.32 Å². The number of rotatable bonds is 6. The molecule has 0 heterocycles. The Hall–Kier alpha value is -2.62. The van der Waals surface area contributed by atoms with E-state index in [-0.39, 0.29) is 18.2 Å². The summed E-state index contributed by atoms with van der Waals surface area (Å²) in [4.78, 5) is 23.9. The fraction of sp³-hybridized carbons (Fsp3) is 0.300. The van der Waals surface area contributed by atoms with Crippen molar-refractivity contribution in [3.63, 3.8) is 0 Å². The highest BCUT2D eigenvalue weighted by Crippen LogP contribution is 2.19. The maximum atomic E-state index is 12.2. The number of carbonyl (C=O) groups is 2. The average molecular weight is 325 g/mol. The monoisotopic (exact) mass is 325 g/mol. The van der Waals surface area contributed by atoms with Crippen molar-refractivity contribution in [1.82, 2.24) is 5.32 Å². The van der Waals surface area contributed by atoms with Crippen molar-refractivity contribution in [2.75, 3.05) is 7.11 Å². The lowest BCUT2D eigenvalue weighted by molar-refractivity contribution is -0.146. The molecule has 1 amide bonds. The summed E-state index contributed by atoms with van der Waals surface area (Å²) >= 11 is 0. The first kappa shape index (κ1) is 17.7. The molecule has 0 aromatic heterocycles. The van der Waals surface area contributed by atoms with Gasteiger partial charge in [0, 0.05) is 0 Å². The van der Waals surface area contributed by atoms with Crippen LogP contribution in [0.15, 0.2) is 54.6 Å². The summed E-state index contributed by atoms with van der Waals surface area (Å²) in [6.07, 6.45) is 0.231. The van der Waals surface area contributed by atoms with Crippen molar-refractivity contribution >= 4 is 11.9 Å². The second-order valence-corrected chi connectivity index (χ2v) is 6.05. The van der Waals surface area contributed by atoms with Gasteiger partial charge in [-0.15, -0.1) is 0 Å². The summed E-state index contributed by atoms with van der Waals surface area (Å²) in [5.74, 6) is -0.633. The van der Waals surface area contributed by atoms with Crippen LogP contribution in [0.25, 0.3) is 11.1 Å². The van der Waals surface area contributed by atoms with Crippen molar-refractivity contribution in [2.45, 2.75) is 26.3 Å². The Kier molecular flexibility index (Phi) is 6.13. The van der Waals surface area contributed by atoms with E-state index in [2.05, 4.69) is 5.32 Å². The Balaban J connectivity index is 2.00. The molecule has 1 atom stereocenters. The second-order valence-electron chi connectivity index (χ2n) is 6.05. The maximum absolute atomic E-state index is 12.2. The summed E-state index contributed by atoms with van der Waals surface area (Å²) in [7, 11) is 1.33. The zero-order chi connectivity index (χ0) is 17.5. The number of amides is 1. The number of nitrogens with one attached hydrogen (secondary N) is 1. The fourth-order valence-corrected chi connectivity index (χ4v) is 2.48. The Bertz CT molecular complexity index is 678. The van der Waals surface area contributed by atoms with Crippen molar-refractivity contribution in [3.8, 4) is 11.1 Å². The molecule has 0 saturated carbocycles. The Morgan fingerprint density at radius 2 is 1.54 bits per heavy atom. The molecule has 126 valence electrons. The second kappa shape index (κ2) is 8.29. The summed E-state index contributed by atoms with van der Waals surface area (Å²) in [6, 6.07) is 17.3. The zero-order valence-electron chi connectivity index (χ0n) is 14.3. The van der Waals surface area contributed by atoms with Gasteiger partial charge < -0.3 is 10.1 Å². The number of hydrogen-bond acceptors (Lipinski definition) is 3. The van der Waals surface area contributed by atoms with Crippen LogP contribution in [0.2, 0.25) is 0 Å².